The maximum Gasteiger partial charge on any atom is 0.282 e. The topological polar surface area (TPSA) is 64.7 Å². The van der Waals surface area contributed by atoms with Gasteiger partial charge in [-0.1, -0.05) is 0 Å². The van der Waals surface area contributed by atoms with E-state index in [0.29, 0.717) is 18.8 Å². The van der Waals surface area contributed by atoms with Gasteiger partial charge in [0.05, 0.1) is 5.69 Å². The molecule has 2 heterocycles. The van der Waals surface area contributed by atoms with Crippen LogP contribution in [0, 0.1) is 20.8 Å². The summed E-state index contributed by atoms with van der Waals surface area (Å²) in [6, 6.07) is 2.67. The highest BCUT2D eigenvalue weighted by Gasteiger charge is 2.20. The molecule has 24 heavy (non-hydrogen) atoms. The van der Waals surface area contributed by atoms with Crippen molar-refractivity contribution in [2.24, 2.45) is 0 Å². The third-order valence-electron chi connectivity index (χ3n) is 3.86. The van der Waals surface area contributed by atoms with Crippen molar-refractivity contribution in [1.82, 2.24) is 24.9 Å². The summed E-state index contributed by atoms with van der Waals surface area (Å²) < 4.78 is 28.6. The average molecular weight is 339 g/mol. The Labute approximate surface area is 139 Å². The van der Waals surface area contributed by atoms with E-state index in [1.165, 1.54) is 10.7 Å². The number of carbonyl (C=O) groups excluding carboxylic acids is 1. The van der Waals surface area contributed by atoms with Crippen LogP contribution in [0.2, 0.25) is 0 Å². The molecule has 0 bridgehead atoms. The molecule has 0 fully saturated rings. The fourth-order valence-corrected chi connectivity index (χ4v) is 2.61. The first-order chi connectivity index (χ1) is 11.3. The van der Waals surface area contributed by atoms with Crippen LogP contribution in [-0.2, 0) is 11.3 Å². The lowest BCUT2D eigenvalue weighted by Crippen LogP contribution is -2.33. The van der Waals surface area contributed by atoms with E-state index in [-0.39, 0.29) is 11.6 Å². The molecule has 0 aliphatic carbocycles. The zero-order valence-electron chi connectivity index (χ0n) is 14.4. The molecule has 1 N–H and O–H groups in total. The minimum atomic E-state index is -2.64. The van der Waals surface area contributed by atoms with Crippen LogP contribution in [0.4, 0.5) is 8.78 Å². The van der Waals surface area contributed by atoms with E-state index in [1.54, 1.807) is 13.8 Å². The van der Waals surface area contributed by atoms with Crippen molar-refractivity contribution in [3.63, 3.8) is 0 Å². The summed E-state index contributed by atoms with van der Waals surface area (Å²) in [5, 5.41) is 11.0. The third kappa shape index (κ3) is 4.18. The quantitative estimate of drug-likeness (QED) is 0.789. The molecule has 0 aliphatic rings. The van der Waals surface area contributed by atoms with Crippen LogP contribution in [0.15, 0.2) is 12.1 Å². The normalized spacial score (nSPS) is 12.6. The van der Waals surface area contributed by atoms with E-state index in [1.807, 2.05) is 24.6 Å². The first-order valence-corrected chi connectivity index (χ1v) is 7.92. The molecule has 0 aromatic carbocycles. The fourth-order valence-electron chi connectivity index (χ4n) is 2.61. The molecule has 2 rings (SSSR count). The lowest BCUT2D eigenvalue weighted by atomic mass is 10.3. The molecule has 2 aromatic rings. The maximum absolute atomic E-state index is 12.7. The Morgan fingerprint density at radius 3 is 2.46 bits per heavy atom. The summed E-state index contributed by atoms with van der Waals surface area (Å²) in [5.41, 5.74) is 2.28. The van der Waals surface area contributed by atoms with Crippen molar-refractivity contribution >= 4 is 5.91 Å². The van der Waals surface area contributed by atoms with Gasteiger partial charge in [0.1, 0.15) is 11.7 Å². The van der Waals surface area contributed by atoms with E-state index in [4.69, 9.17) is 0 Å². The largest absolute Gasteiger partial charge is 0.354 e. The second-order valence-corrected chi connectivity index (χ2v) is 5.93. The summed E-state index contributed by atoms with van der Waals surface area (Å²) in [6.45, 7) is 8.43. The number of nitrogens with zero attached hydrogens (tertiary/aromatic N) is 4. The van der Waals surface area contributed by atoms with Crippen molar-refractivity contribution in [1.29, 1.82) is 0 Å². The second kappa shape index (κ2) is 7.55. The predicted molar refractivity (Wildman–Crippen MR) is 86.0 cm³/mol. The van der Waals surface area contributed by atoms with Crippen LogP contribution < -0.4 is 5.32 Å². The minimum Gasteiger partial charge on any atom is -0.354 e. The molecule has 0 saturated carbocycles. The Morgan fingerprint density at radius 2 is 1.92 bits per heavy atom. The number of alkyl halides is 2. The highest BCUT2D eigenvalue weighted by molar-refractivity contribution is 5.79. The molecule has 2 aromatic heterocycles. The van der Waals surface area contributed by atoms with Gasteiger partial charge in [0.25, 0.3) is 6.43 Å². The van der Waals surface area contributed by atoms with E-state index >= 15 is 0 Å². The van der Waals surface area contributed by atoms with Gasteiger partial charge < -0.3 is 5.32 Å². The Morgan fingerprint density at radius 1 is 1.21 bits per heavy atom. The van der Waals surface area contributed by atoms with Gasteiger partial charge in [-0.25, -0.2) is 8.78 Å². The Bertz CT molecular complexity index is 707. The molecule has 1 unspecified atom stereocenters. The zero-order valence-corrected chi connectivity index (χ0v) is 14.4. The van der Waals surface area contributed by atoms with Crippen LogP contribution in [-0.4, -0.2) is 32.0 Å². The number of aryl methyl sites for hydroxylation is 4. The monoisotopic (exact) mass is 339 g/mol. The third-order valence-corrected chi connectivity index (χ3v) is 3.86. The molecule has 0 saturated heterocycles. The van der Waals surface area contributed by atoms with Crippen LogP contribution in [0.5, 0.6) is 0 Å². The minimum absolute atomic E-state index is 0.240. The van der Waals surface area contributed by atoms with Crippen molar-refractivity contribution in [3.8, 4) is 0 Å². The summed E-state index contributed by atoms with van der Waals surface area (Å²) >= 11 is 0. The average Bonchev–Trinajstić information content (AvgIpc) is 3.05. The zero-order chi connectivity index (χ0) is 17.9. The van der Waals surface area contributed by atoms with Gasteiger partial charge in [-0.3, -0.25) is 14.2 Å². The molecular weight excluding hydrogens is 316 g/mol. The van der Waals surface area contributed by atoms with Crippen LogP contribution in [0.3, 0.4) is 0 Å². The number of hydrogen-bond acceptors (Lipinski definition) is 3. The van der Waals surface area contributed by atoms with Gasteiger partial charge in [0.2, 0.25) is 5.91 Å². The molecule has 0 spiro atoms. The summed E-state index contributed by atoms with van der Waals surface area (Å²) in [6.07, 6.45) is -1.90. The van der Waals surface area contributed by atoms with E-state index in [9.17, 15) is 13.6 Å². The first kappa shape index (κ1) is 18.1. The Balaban J connectivity index is 1.84. The lowest BCUT2D eigenvalue weighted by Gasteiger charge is -2.14. The Kier molecular flexibility index (Phi) is 5.69. The predicted octanol–water partition coefficient (Wildman–Crippen LogP) is 2.71. The molecule has 132 valence electrons. The number of amides is 1. The van der Waals surface area contributed by atoms with Gasteiger partial charge in [0.15, 0.2) is 0 Å². The number of nitrogens with one attached hydrogen (secondary N) is 1. The smallest absolute Gasteiger partial charge is 0.282 e. The van der Waals surface area contributed by atoms with E-state index in [2.05, 4.69) is 15.5 Å². The summed E-state index contributed by atoms with van der Waals surface area (Å²) in [7, 11) is 0. The standard InChI is InChI=1S/C16H23F2N5O/c1-10-8-11(2)22(20-10)7-5-6-19-16(24)13(4)23-12(3)9-14(21-23)15(17)18/h8-9,13,15H,5-7H2,1-4H3,(H,19,24). The highest BCUT2D eigenvalue weighted by atomic mass is 19.3. The maximum atomic E-state index is 12.7. The van der Waals surface area contributed by atoms with Crippen molar-refractivity contribution in [2.45, 2.75) is 53.1 Å². The van der Waals surface area contributed by atoms with E-state index < -0.39 is 12.5 Å². The van der Waals surface area contributed by atoms with Crippen LogP contribution in [0.25, 0.3) is 0 Å². The van der Waals surface area contributed by atoms with E-state index in [0.717, 1.165) is 17.8 Å². The van der Waals surface area contributed by atoms with Crippen molar-refractivity contribution in [2.75, 3.05) is 6.54 Å². The van der Waals surface area contributed by atoms with Gasteiger partial charge in [0, 0.05) is 24.5 Å². The molecule has 0 radical (unpaired) electrons. The number of aromatic nitrogens is 4. The van der Waals surface area contributed by atoms with Gasteiger partial charge in [-0.2, -0.15) is 10.2 Å². The highest BCUT2D eigenvalue weighted by Crippen LogP contribution is 2.20. The number of halogens is 2. The molecule has 8 heteroatoms. The fraction of sp³-hybridized carbons (Fsp3) is 0.562. The first-order valence-electron chi connectivity index (χ1n) is 7.92. The van der Waals surface area contributed by atoms with Gasteiger partial charge >= 0.3 is 0 Å². The summed E-state index contributed by atoms with van der Waals surface area (Å²) in [4.78, 5) is 12.2. The SMILES string of the molecule is Cc1cc(C)n(CCCNC(=O)C(C)n2nc(C(F)F)cc2C)n1. The molecular formula is C16H23F2N5O. The van der Waals surface area contributed by atoms with Crippen LogP contribution >= 0.6 is 0 Å². The molecule has 1 amide bonds. The number of carbonyl (C=O) groups is 1. The van der Waals surface area contributed by atoms with Crippen molar-refractivity contribution < 1.29 is 13.6 Å². The number of hydrogen-bond donors (Lipinski definition) is 1. The summed E-state index contributed by atoms with van der Waals surface area (Å²) in [5.74, 6) is -0.240. The molecule has 1 atom stereocenters. The van der Waals surface area contributed by atoms with Crippen molar-refractivity contribution in [3.05, 3.63) is 34.9 Å². The number of rotatable bonds is 7. The van der Waals surface area contributed by atoms with Gasteiger partial charge in [-0.15, -0.1) is 0 Å². The lowest BCUT2D eigenvalue weighted by molar-refractivity contribution is -0.124. The Hall–Kier alpha value is -2.25. The second-order valence-electron chi connectivity index (χ2n) is 5.93. The van der Waals surface area contributed by atoms with Crippen LogP contribution in [0.1, 0.15) is 48.6 Å². The molecule has 6 nitrogen and oxygen atoms in total. The van der Waals surface area contributed by atoms with Gasteiger partial charge in [-0.05, 0) is 46.2 Å². The molecule has 0 aliphatic heterocycles.